The van der Waals surface area contributed by atoms with Gasteiger partial charge in [0.15, 0.2) is 0 Å². The minimum absolute atomic E-state index is 0.0539. The fourth-order valence-electron chi connectivity index (χ4n) is 13.3. The van der Waals surface area contributed by atoms with E-state index in [1.165, 1.54) is 90.6 Å². The smallest absolute Gasteiger partial charge is 0.245 e. The Balaban J connectivity index is 1.84. The number of unbranched alkanes of at least 4 members (excludes halogenated alkanes) is 1. The standard InChI is InChI=1S/C68H117IN12O12/c1-17-19-26-50-64(89)77(13)46(9)61(86)72-52(33-42(3)4)65(90)80(16)55(67(92)81-31-21-20-22-32-81)38-57(83)78(14)53(34-43(5)6)63(88)73-60(45(8)18-2)68(93)76(12)40-58(84)74(10)41-59(85)79(15)54(37-47-29-27-44(7)28-30-47)66(91)75(11)39-56(82)70-51(62(87)71-50)36-48-24-23-25-49(69)35-48/h42-55,60H,17-41H2,1-16H3,(H,70,82)(H,71,87)(H,72,86)(H,73,88)/t44?,45-,46-,47?,48?,49?,50-,51-,52-,53-,54-,55-,60-/m0/s1. The molecule has 93 heavy (non-hydrogen) atoms. The van der Waals surface area contributed by atoms with Gasteiger partial charge in [-0.15, -0.1) is 0 Å². The maximum atomic E-state index is 15.0. The molecule has 0 aromatic carbocycles. The number of piperidine rings is 1. The number of carbonyl (C=O) groups excluding carboxylic acids is 12. The third kappa shape index (κ3) is 23.9. The lowest BCUT2D eigenvalue weighted by Crippen LogP contribution is -2.60. The molecule has 4 rings (SSSR count). The molecule has 2 aliphatic carbocycles. The van der Waals surface area contributed by atoms with E-state index in [2.05, 4.69) is 50.8 Å². The third-order valence-corrected chi connectivity index (χ3v) is 21.1. The lowest BCUT2D eigenvalue weighted by Gasteiger charge is -2.38. The largest absolute Gasteiger partial charge is 0.343 e. The van der Waals surface area contributed by atoms with Crippen LogP contribution in [-0.2, 0) is 57.5 Å². The highest BCUT2D eigenvalue weighted by Crippen LogP contribution is 2.34. The summed E-state index contributed by atoms with van der Waals surface area (Å²) in [4.78, 5) is 186. The molecule has 4 fully saturated rings. The van der Waals surface area contributed by atoms with Crippen LogP contribution in [0.3, 0.4) is 0 Å². The molecular weight excluding hydrogens is 1300 g/mol. The Labute approximate surface area is 569 Å². The molecule has 0 radical (unpaired) electrons. The molecule has 2 saturated carbocycles. The molecule has 0 bridgehead atoms. The number of halogens is 1. The number of alkyl halides is 1. The number of amides is 12. The molecule has 0 aromatic heterocycles. The zero-order valence-corrected chi connectivity index (χ0v) is 61.4. The molecule has 4 N–H and O–H groups in total. The Morgan fingerprint density at radius 2 is 1.11 bits per heavy atom. The summed E-state index contributed by atoms with van der Waals surface area (Å²) >= 11 is 2.41. The van der Waals surface area contributed by atoms with Crippen LogP contribution in [0.2, 0.25) is 0 Å². The van der Waals surface area contributed by atoms with E-state index in [1.807, 2.05) is 41.5 Å². The molecule has 2 heterocycles. The van der Waals surface area contributed by atoms with Crippen LogP contribution >= 0.6 is 22.6 Å². The summed E-state index contributed by atoms with van der Waals surface area (Å²) in [5.74, 6) is -7.29. The molecule has 2 aliphatic heterocycles. The number of rotatable bonds is 14. The van der Waals surface area contributed by atoms with Crippen LogP contribution in [0, 0.1) is 35.5 Å². The number of likely N-dealkylation sites (tertiary alicyclic amines) is 1. The van der Waals surface area contributed by atoms with Gasteiger partial charge in [0.1, 0.15) is 48.3 Å². The first-order valence-electron chi connectivity index (χ1n) is 34.6. The first-order valence-corrected chi connectivity index (χ1v) is 35.9. The normalized spacial score (nSPS) is 29.6. The van der Waals surface area contributed by atoms with Crippen molar-refractivity contribution in [3.8, 4) is 0 Å². The van der Waals surface area contributed by atoms with Gasteiger partial charge >= 0.3 is 0 Å². The molecule has 528 valence electrons. The maximum absolute atomic E-state index is 15.0. The van der Waals surface area contributed by atoms with Gasteiger partial charge in [-0.2, -0.15) is 0 Å². The number of nitrogens with zero attached hydrogens (tertiary/aromatic N) is 8. The second-order valence-corrected chi connectivity index (χ2v) is 30.4. The minimum atomic E-state index is -1.37. The van der Waals surface area contributed by atoms with Crippen molar-refractivity contribution in [1.82, 2.24) is 60.5 Å². The summed E-state index contributed by atoms with van der Waals surface area (Å²) in [6.07, 6.45) is 11.6. The van der Waals surface area contributed by atoms with Gasteiger partial charge in [0, 0.05) is 66.3 Å². The maximum Gasteiger partial charge on any atom is 0.245 e. The number of hydrogen-bond acceptors (Lipinski definition) is 12. The topological polar surface area (TPSA) is 279 Å². The number of carbonyl (C=O) groups is 12. The second-order valence-electron chi connectivity index (χ2n) is 28.6. The van der Waals surface area contributed by atoms with Crippen LogP contribution in [0.25, 0.3) is 0 Å². The zero-order chi connectivity index (χ0) is 69.7. The number of nitrogens with one attached hydrogen (secondary N) is 4. The lowest BCUT2D eigenvalue weighted by molar-refractivity contribution is -0.151. The van der Waals surface area contributed by atoms with Gasteiger partial charge in [0.25, 0.3) is 0 Å². The molecule has 0 spiro atoms. The highest BCUT2D eigenvalue weighted by Gasteiger charge is 2.42. The van der Waals surface area contributed by atoms with Crippen LogP contribution in [-0.4, -0.2) is 244 Å². The van der Waals surface area contributed by atoms with Crippen molar-refractivity contribution in [2.45, 2.75) is 243 Å². The average molecular weight is 1420 g/mol. The van der Waals surface area contributed by atoms with Crippen molar-refractivity contribution in [2.75, 3.05) is 82.1 Å². The first-order chi connectivity index (χ1) is 43.7. The predicted molar refractivity (Wildman–Crippen MR) is 366 cm³/mol. The summed E-state index contributed by atoms with van der Waals surface area (Å²) in [5.41, 5.74) is 0. The Hall–Kier alpha value is -5.63. The predicted octanol–water partition coefficient (Wildman–Crippen LogP) is 4.97. The molecule has 4 aliphatic rings. The molecule has 2 saturated heterocycles. The van der Waals surface area contributed by atoms with Crippen molar-refractivity contribution in [1.29, 1.82) is 0 Å². The van der Waals surface area contributed by atoms with Crippen molar-refractivity contribution in [2.24, 2.45) is 35.5 Å². The van der Waals surface area contributed by atoms with Crippen LogP contribution in [0.5, 0.6) is 0 Å². The Kier molecular flexibility index (Phi) is 32.8. The molecule has 11 atom stereocenters. The van der Waals surface area contributed by atoms with E-state index in [0.717, 1.165) is 57.8 Å². The van der Waals surface area contributed by atoms with Gasteiger partial charge in [0.05, 0.1) is 26.1 Å². The Morgan fingerprint density at radius 1 is 0.527 bits per heavy atom. The van der Waals surface area contributed by atoms with Gasteiger partial charge in [0.2, 0.25) is 70.9 Å². The SMILES string of the molecule is CCCC[C@@H]1NC(=O)[C@H](CC2CCCC(I)C2)NC(=O)CN(C)C(=O)[C@H](CC2CCC(C)CC2)N(C)C(=O)CN(C)C(=O)CN(C)C(=O)[C@H]([C@@H](C)CC)NC(=O)[C@H](CC(C)C)N(C)C(=O)C[C@@H](C(=O)N2CCCCC2)N(C)C(=O)[C@H](CC(C)C)NC(=O)[C@H](C)N(C)C1=O. The Morgan fingerprint density at radius 3 is 1.70 bits per heavy atom. The van der Waals surface area contributed by atoms with Gasteiger partial charge < -0.3 is 60.5 Å². The van der Waals surface area contributed by atoms with Crippen molar-refractivity contribution < 1.29 is 57.5 Å². The van der Waals surface area contributed by atoms with E-state index in [0.29, 0.717) is 61.5 Å². The van der Waals surface area contributed by atoms with E-state index in [4.69, 9.17) is 0 Å². The minimum Gasteiger partial charge on any atom is -0.343 e. The summed E-state index contributed by atoms with van der Waals surface area (Å²) < 4.78 is 0.354. The van der Waals surface area contributed by atoms with Crippen molar-refractivity contribution in [3.63, 3.8) is 0 Å². The fourth-order valence-corrected chi connectivity index (χ4v) is 14.4. The second kappa shape index (κ2) is 38.2. The van der Waals surface area contributed by atoms with Crippen molar-refractivity contribution in [3.05, 3.63) is 0 Å². The van der Waals surface area contributed by atoms with E-state index < -0.39 is 151 Å². The van der Waals surface area contributed by atoms with Gasteiger partial charge in [-0.05, 0) is 107 Å². The van der Waals surface area contributed by atoms with Gasteiger partial charge in [-0.25, -0.2) is 0 Å². The molecule has 24 nitrogen and oxygen atoms in total. The molecule has 12 amide bonds. The van der Waals surface area contributed by atoms with E-state index in [9.17, 15) is 52.7 Å². The number of hydrogen-bond donors (Lipinski definition) is 4. The summed E-state index contributed by atoms with van der Waals surface area (Å²) in [6.45, 7) is 16.2. The van der Waals surface area contributed by atoms with Gasteiger partial charge in [-0.3, -0.25) is 57.5 Å². The summed E-state index contributed by atoms with van der Waals surface area (Å²) in [5, 5.41) is 11.7. The average Bonchev–Trinajstić information content (AvgIpc) is 1.51. The van der Waals surface area contributed by atoms with E-state index in [1.54, 1.807) is 11.8 Å². The monoisotopic (exact) mass is 1420 g/mol. The van der Waals surface area contributed by atoms with Crippen LogP contribution < -0.4 is 21.3 Å². The van der Waals surface area contributed by atoms with Crippen LogP contribution in [0.4, 0.5) is 0 Å². The van der Waals surface area contributed by atoms with Gasteiger partial charge in [-0.1, -0.05) is 136 Å². The third-order valence-electron chi connectivity index (χ3n) is 19.9. The molecule has 25 heteroatoms. The fraction of sp³-hybridized carbons (Fsp3) is 0.824. The highest BCUT2D eigenvalue weighted by atomic mass is 127. The zero-order valence-electron chi connectivity index (χ0n) is 59.2. The Bertz CT molecular complexity index is 2560. The van der Waals surface area contributed by atoms with Crippen LogP contribution in [0.15, 0.2) is 0 Å². The highest BCUT2D eigenvalue weighted by molar-refractivity contribution is 14.1. The lowest BCUT2D eigenvalue weighted by atomic mass is 9.79. The van der Waals surface area contributed by atoms with E-state index in [-0.39, 0.29) is 49.4 Å². The number of likely N-dealkylation sites (N-methyl/N-ethyl adjacent to an activating group) is 7. The van der Waals surface area contributed by atoms with Crippen LogP contribution in [0.1, 0.15) is 191 Å². The first kappa shape index (κ1) is 79.8. The molecular formula is C68H117IN12O12. The summed E-state index contributed by atoms with van der Waals surface area (Å²) in [7, 11) is 10.1. The molecule has 2 unspecified atom stereocenters. The molecule has 0 aromatic rings. The van der Waals surface area contributed by atoms with E-state index >= 15 is 4.79 Å². The quantitative estimate of drug-likeness (QED) is 0.133. The van der Waals surface area contributed by atoms with Crippen molar-refractivity contribution >= 4 is 93.5 Å². The summed E-state index contributed by atoms with van der Waals surface area (Å²) in [6, 6.07) is -9.38.